The van der Waals surface area contributed by atoms with Gasteiger partial charge in [-0.15, -0.1) is 0 Å². The van der Waals surface area contributed by atoms with Crippen LogP contribution in [0.4, 0.5) is 11.4 Å². The van der Waals surface area contributed by atoms with Gasteiger partial charge >= 0.3 is 0 Å². The number of rotatable bonds is 3. The van der Waals surface area contributed by atoms with Crippen molar-refractivity contribution in [1.29, 1.82) is 0 Å². The van der Waals surface area contributed by atoms with Crippen molar-refractivity contribution in [3.63, 3.8) is 0 Å². The lowest BCUT2D eigenvalue weighted by molar-refractivity contribution is -0.114. The number of aryl methyl sites for hydroxylation is 1. The summed E-state index contributed by atoms with van der Waals surface area (Å²) in [6, 6.07) is 8.48. The molecule has 1 aromatic carbocycles. The third kappa shape index (κ3) is 4.03. The predicted octanol–water partition coefficient (Wildman–Crippen LogP) is 3.25. The van der Waals surface area contributed by atoms with Crippen LogP contribution in [0.3, 0.4) is 0 Å². The number of benzene rings is 1. The van der Waals surface area contributed by atoms with E-state index in [1.165, 1.54) is 13.1 Å². The summed E-state index contributed by atoms with van der Waals surface area (Å²) in [6.45, 7) is 3.22. The van der Waals surface area contributed by atoms with Gasteiger partial charge in [-0.25, -0.2) is 0 Å². The molecule has 2 amide bonds. The first-order chi connectivity index (χ1) is 9.95. The molecule has 5 nitrogen and oxygen atoms in total. The maximum atomic E-state index is 12.2. The molecule has 0 aliphatic carbocycles. The fourth-order valence-corrected chi connectivity index (χ4v) is 2.06. The SMILES string of the molecule is CC(=O)Nc1cccc(NC(=O)c2cnc(C)cc2Cl)c1. The third-order valence-electron chi connectivity index (χ3n) is 2.68. The minimum Gasteiger partial charge on any atom is -0.326 e. The van der Waals surface area contributed by atoms with Gasteiger partial charge < -0.3 is 10.6 Å². The van der Waals surface area contributed by atoms with Crippen LogP contribution < -0.4 is 10.6 Å². The Bertz CT molecular complexity index is 701. The van der Waals surface area contributed by atoms with Gasteiger partial charge in [-0.1, -0.05) is 17.7 Å². The molecule has 0 radical (unpaired) electrons. The molecule has 1 aromatic heterocycles. The number of aromatic nitrogens is 1. The largest absolute Gasteiger partial charge is 0.326 e. The van der Waals surface area contributed by atoms with Crippen LogP contribution in [0.2, 0.25) is 5.02 Å². The van der Waals surface area contributed by atoms with E-state index in [1.54, 1.807) is 37.3 Å². The highest BCUT2D eigenvalue weighted by Crippen LogP contribution is 2.19. The Balaban J connectivity index is 2.17. The Labute approximate surface area is 127 Å². The molecule has 0 saturated heterocycles. The topological polar surface area (TPSA) is 71.1 Å². The van der Waals surface area contributed by atoms with E-state index in [-0.39, 0.29) is 11.8 Å². The van der Waals surface area contributed by atoms with Gasteiger partial charge in [0, 0.05) is 30.2 Å². The zero-order valence-corrected chi connectivity index (χ0v) is 12.4. The van der Waals surface area contributed by atoms with Gasteiger partial charge in [0.25, 0.3) is 5.91 Å². The average Bonchev–Trinajstić information content (AvgIpc) is 2.37. The van der Waals surface area contributed by atoms with E-state index in [1.807, 2.05) is 0 Å². The Kier molecular flexibility index (Phi) is 4.55. The Hall–Kier alpha value is -2.40. The molecule has 2 aromatic rings. The summed E-state index contributed by atoms with van der Waals surface area (Å²) in [5.41, 5.74) is 2.20. The number of anilines is 2. The fourth-order valence-electron chi connectivity index (χ4n) is 1.77. The van der Waals surface area contributed by atoms with Gasteiger partial charge in [0.05, 0.1) is 10.6 Å². The molecule has 2 N–H and O–H groups in total. The number of nitrogens with one attached hydrogen (secondary N) is 2. The number of halogens is 1. The minimum absolute atomic E-state index is 0.177. The second-order valence-electron chi connectivity index (χ2n) is 4.52. The van der Waals surface area contributed by atoms with Crippen molar-refractivity contribution in [2.24, 2.45) is 0 Å². The van der Waals surface area contributed by atoms with Crippen molar-refractivity contribution >= 4 is 34.8 Å². The molecule has 0 atom stereocenters. The Morgan fingerprint density at radius 1 is 1.14 bits per heavy atom. The van der Waals surface area contributed by atoms with Crippen LogP contribution in [-0.4, -0.2) is 16.8 Å². The highest BCUT2D eigenvalue weighted by atomic mass is 35.5. The van der Waals surface area contributed by atoms with E-state index in [0.29, 0.717) is 22.0 Å². The molecule has 108 valence electrons. The Morgan fingerprint density at radius 2 is 1.81 bits per heavy atom. The minimum atomic E-state index is -0.354. The molecule has 1 heterocycles. The number of nitrogens with zero attached hydrogens (tertiary/aromatic N) is 1. The molecule has 6 heteroatoms. The van der Waals surface area contributed by atoms with Gasteiger partial charge in [-0.3, -0.25) is 14.6 Å². The number of carbonyl (C=O) groups is 2. The van der Waals surface area contributed by atoms with Gasteiger partial charge in [-0.2, -0.15) is 0 Å². The van der Waals surface area contributed by atoms with Crippen molar-refractivity contribution < 1.29 is 9.59 Å². The summed E-state index contributed by atoms with van der Waals surface area (Å²) < 4.78 is 0. The maximum Gasteiger partial charge on any atom is 0.258 e. The quantitative estimate of drug-likeness (QED) is 0.914. The van der Waals surface area contributed by atoms with Crippen LogP contribution in [0.25, 0.3) is 0 Å². The lowest BCUT2D eigenvalue weighted by atomic mass is 10.2. The highest BCUT2D eigenvalue weighted by Gasteiger charge is 2.11. The molecule has 2 rings (SSSR count). The van der Waals surface area contributed by atoms with Crippen LogP contribution in [0.5, 0.6) is 0 Å². The Morgan fingerprint density at radius 3 is 2.43 bits per heavy atom. The number of pyridine rings is 1. The molecule has 21 heavy (non-hydrogen) atoms. The van der Waals surface area contributed by atoms with Crippen molar-refractivity contribution in [1.82, 2.24) is 4.98 Å². The summed E-state index contributed by atoms with van der Waals surface area (Å²) >= 11 is 6.03. The number of amides is 2. The average molecular weight is 304 g/mol. The van der Waals surface area contributed by atoms with Gasteiger partial charge in [0.15, 0.2) is 0 Å². The highest BCUT2D eigenvalue weighted by molar-refractivity contribution is 6.34. The normalized spacial score (nSPS) is 10.0. The van der Waals surface area contributed by atoms with Crippen molar-refractivity contribution in [2.75, 3.05) is 10.6 Å². The summed E-state index contributed by atoms with van der Waals surface area (Å²) in [5, 5.41) is 5.71. The molecule has 0 fully saturated rings. The smallest absolute Gasteiger partial charge is 0.258 e. The molecule has 0 saturated carbocycles. The number of carbonyl (C=O) groups excluding carboxylic acids is 2. The lowest BCUT2D eigenvalue weighted by Crippen LogP contribution is -2.13. The van der Waals surface area contributed by atoms with Gasteiger partial charge in [0.1, 0.15) is 0 Å². The van der Waals surface area contributed by atoms with E-state index >= 15 is 0 Å². The monoisotopic (exact) mass is 303 g/mol. The molecule has 0 spiro atoms. The predicted molar refractivity (Wildman–Crippen MR) is 82.7 cm³/mol. The summed E-state index contributed by atoms with van der Waals surface area (Å²) in [7, 11) is 0. The third-order valence-corrected chi connectivity index (χ3v) is 2.99. The van der Waals surface area contributed by atoms with Crippen molar-refractivity contribution in [2.45, 2.75) is 13.8 Å². The van der Waals surface area contributed by atoms with Crippen LogP contribution in [0.1, 0.15) is 23.0 Å². The van der Waals surface area contributed by atoms with Crippen LogP contribution >= 0.6 is 11.6 Å². The molecular formula is C15H14ClN3O2. The van der Waals surface area contributed by atoms with Crippen molar-refractivity contribution in [3.05, 3.63) is 52.8 Å². The van der Waals surface area contributed by atoms with Gasteiger partial charge in [-0.05, 0) is 31.2 Å². The van der Waals surface area contributed by atoms with Crippen molar-refractivity contribution in [3.8, 4) is 0 Å². The van der Waals surface area contributed by atoms with E-state index in [0.717, 1.165) is 5.69 Å². The van der Waals surface area contributed by atoms with Crippen LogP contribution in [-0.2, 0) is 4.79 Å². The maximum absolute atomic E-state index is 12.2. The van der Waals surface area contributed by atoms with Gasteiger partial charge in [0.2, 0.25) is 5.91 Å². The van der Waals surface area contributed by atoms with Crippen LogP contribution in [0, 0.1) is 6.92 Å². The molecule has 0 aliphatic rings. The second-order valence-corrected chi connectivity index (χ2v) is 4.93. The first-order valence-corrected chi connectivity index (χ1v) is 6.64. The van der Waals surface area contributed by atoms with E-state index in [9.17, 15) is 9.59 Å². The van der Waals surface area contributed by atoms with E-state index in [4.69, 9.17) is 11.6 Å². The van der Waals surface area contributed by atoms with E-state index < -0.39 is 0 Å². The van der Waals surface area contributed by atoms with E-state index in [2.05, 4.69) is 15.6 Å². The summed E-state index contributed by atoms with van der Waals surface area (Å²) in [4.78, 5) is 27.2. The molecule has 0 unspecified atom stereocenters. The zero-order valence-electron chi connectivity index (χ0n) is 11.6. The number of hydrogen-bond acceptors (Lipinski definition) is 3. The standard InChI is InChI=1S/C15H14ClN3O2/c1-9-6-14(16)13(8-17-9)15(21)19-12-5-3-4-11(7-12)18-10(2)20/h3-8H,1-2H3,(H,18,20)(H,19,21). The second kappa shape index (κ2) is 6.37. The number of hydrogen-bond donors (Lipinski definition) is 2. The fraction of sp³-hybridized carbons (Fsp3) is 0.133. The molecular weight excluding hydrogens is 290 g/mol. The summed E-state index contributed by atoms with van der Waals surface area (Å²) in [6.07, 6.45) is 1.44. The zero-order chi connectivity index (χ0) is 15.4. The molecule has 0 bridgehead atoms. The van der Waals surface area contributed by atoms with Crippen LogP contribution in [0.15, 0.2) is 36.5 Å². The lowest BCUT2D eigenvalue weighted by Gasteiger charge is -2.09. The first-order valence-electron chi connectivity index (χ1n) is 6.27. The molecule has 0 aliphatic heterocycles. The first kappa shape index (κ1) is 15.0. The summed E-state index contributed by atoms with van der Waals surface area (Å²) in [5.74, 6) is -0.531.